The van der Waals surface area contributed by atoms with E-state index in [2.05, 4.69) is 10.6 Å². The van der Waals surface area contributed by atoms with E-state index in [-0.39, 0.29) is 18.2 Å². The van der Waals surface area contributed by atoms with Crippen LogP contribution in [0.25, 0.3) is 0 Å². The van der Waals surface area contributed by atoms with E-state index in [0.29, 0.717) is 17.0 Å². The Kier molecular flexibility index (Phi) is 6.13. The summed E-state index contributed by atoms with van der Waals surface area (Å²) in [4.78, 5) is 23.8. The zero-order valence-electron chi connectivity index (χ0n) is 14.1. The number of nitrogens with one attached hydrogen (secondary N) is 2. The maximum absolute atomic E-state index is 12.3. The van der Waals surface area contributed by atoms with Crippen LogP contribution in [0, 0.1) is 11.3 Å². The van der Waals surface area contributed by atoms with E-state index in [0.717, 1.165) is 5.56 Å². The summed E-state index contributed by atoms with van der Waals surface area (Å²) < 4.78 is 5.12. The van der Waals surface area contributed by atoms with Crippen LogP contribution in [0.1, 0.15) is 30.5 Å². The molecule has 2 aromatic carbocycles. The van der Waals surface area contributed by atoms with E-state index < -0.39 is 6.04 Å². The molecule has 25 heavy (non-hydrogen) atoms. The van der Waals surface area contributed by atoms with Crippen molar-refractivity contribution in [2.24, 2.45) is 0 Å². The van der Waals surface area contributed by atoms with Crippen LogP contribution in [0.5, 0.6) is 5.75 Å². The number of benzene rings is 2. The summed E-state index contributed by atoms with van der Waals surface area (Å²) in [5.74, 6) is 0.216. The molecule has 0 saturated carbocycles. The minimum atomic E-state index is -0.456. The Balaban J connectivity index is 2.11. The van der Waals surface area contributed by atoms with Crippen LogP contribution in [-0.2, 0) is 9.59 Å². The number of hydrogen-bond donors (Lipinski definition) is 2. The molecule has 6 heteroatoms. The van der Waals surface area contributed by atoms with E-state index in [1.54, 1.807) is 43.5 Å². The Morgan fingerprint density at radius 1 is 1.20 bits per heavy atom. The minimum Gasteiger partial charge on any atom is -0.497 e. The van der Waals surface area contributed by atoms with Gasteiger partial charge in [-0.15, -0.1) is 0 Å². The quantitative estimate of drug-likeness (QED) is 0.848. The molecular formula is C19H19N3O3. The summed E-state index contributed by atoms with van der Waals surface area (Å²) in [6.45, 7) is 1.41. The van der Waals surface area contributed by atoms with Gasteiger partial charge in [0.1, 0.15) is 5.75 Å². The molecule has 1 atom stereocenters. The highest BCUT2D eigenvalue weighted by atomic mass is 16.5. The summed E-state index contributed by atoms with van der Waals surface area (Å²) in [5, 5.41) is 14.4. The molecule has 2 N–H and O–H groups in total. The monoisotopic (exact) mass is 337 g/mol. The van der Waals surface area contributed by atoms with E-state index in [4.69, 9.17) is 10.00 Å². The van der Waals surface area contributed by atoms with Gasteiger partial charge in [-0.25, -0.2) is 0 Å². The summed E-state index contributed by atoms with van der Waals surface area (Å²) in [6.07, 6.45) is 0.0721. The average molecular weight is 337 g/mol. The topological polar surface area (TPSA) is 91.2 Å². The Hall–Kier alpha value is -3.33. The number of methoxy groups -OCH3 is 1. The number of carbonyl (C=O) groups is 2. The molecule has 2 aromatic rings. The number of nitriles is 1. The first-order valence-electron chi connectivity index (χ1n) is 7.73. The molecule has 0 aliphatic carbocycles. The zero-order chi connectivity index (χ0) is 18.2. The van der Waals surface area contributed by atoms with E-state index in [1.165, 1.54) is 6.92 Å². The maximum atomic E-state index is 12.3. The molecule has 0 aliphatic rings. The molecule has 0 aliphatic heterocycles. The fourth-order valence-electron chi connectivity index (χ4n) is 2.40. The van der Waals surface area contributed by atoms with Crippen molar-refractivity contribution < 1.29 is 14.3 Å². The minimum absolute atomic E-state index is 0.0721. The van der Waals surface area contributed by atoms with Crippen molar-refractivity contribution in [2.45, 2.75) is 19.4 Å². The van der Waals surface area contributed by atoms with Gasteiger partial charge in [0.15, 0.2) is 0 Å². The van der Waals surface area contributed by atoms with Crippen molar-refractivity contribution in [3.05, 3.63) is 59.7 Å². The van der Waals surface area contributed by atoms with Gasteiger partial charge in [-0.05, 0) is 35.9 Å². The molecular weight excluding hydrogens is 318 g/mol. The molecule has 128 valence electrons. The predicted molar refractivity (Wildman–Crippen MR) is 94.0 cm³/mol. The number of ether oxygens (including phenoxy) is 1. The normalized spacial score (nSPS) is 11.1. The van der Waals surface area contributed by atoms with Gasteiger partial charge in [-0.3, -0.25) is 9.59 Å². The first-order chi connectivity index (χ1) is 12.0. The molecule has 2 rings (SSSR count). The van der Waals surface area contributed by atoms with Crippen LogP contribution >= 0.6 is 0 Å². The summed E-state index contributed by atoms with van der Waals surface area (Å²) in [7, 11) is 1.57. The van der Waals surface area contributed by atoms with E-state index >= 15 is 0 Å². The second-order valence-corrected chi connectivity index (χ2v) is 5.47. The van der Waals surface area contributed by atoms with Gasteiger partial charge in [0.05, 0.1) is 31.2 Å². The highest BCUT2D eigenvalue weighted by Crippen LogP contribution is 2.21. The van der Waals surface area contributed by atoms with Crippen molar-refractivity contribution >= 4 is 17.5 Å². The van der Waals surface area contributed by atoms with Crippen LogP contribution in [0.4, 0.5) is 5.69 Å². The third-order valence-corrected chi connectivity index (χ3v) is 3.56. The lowest BCUT2D eigenvalue weighted by molar-refractivity contribution is -0.120. The summed E-state index contributed by atoms with van der Waals surface area (Å²) >= 11 is 0. The first-order valence-corrected chi connectivity index (χ1v) is 7.73. The lowest BCUT2D eigenvalue weighted by Gasteiger charge is -2.18. The molecule has 0 radical (unpaired) electrons. The highest BCUT2D eigenvalue weighted by Gasteiger charge is 2.17. The number of carbonyl (C=O) groups excluding carboxylic acids is 2. The van der Waals surface area contributed by atoms with Gasteiger partial charge in [-0.2, -0.15) is 5.26 Å². The smallest absolute Gasteiger partial charge is 0.226 e. The molecule has 0 aromatic heterocycles. The number of rotatable bonds is 6. The van der Waals surface area contributed by atoms with Crippen LogP contribution in [0.15, 0.2) is 48.5 Å². The predicted octanol–water partition coefficient (Wildman–Crippen LogP) is 2.77. The fraction of sp³-hybridized carbons (Fsp3) is 0.211. The number of nitrogens with zero attached hydrogens (tertiary/aromatic N) is 1. The van der Waals surface area contributed by atoms with Crippen molar-refractivity contribution in [3.63, 3.8) is 0 Å². The maximum Gasteiger partial charge on any atom is 0.226 e. The summed E-state index contributed by atoms with van der Waals surface area (Å²) in [5.41, 5.74) is 1.81. The average Bonchev–Trinajstić information content (AvgIpc) is 2.61. The van der Waals surface area contributed by atoms with E-state index in [1.807, 2.05) is 18.2 Å². The Bertz CT molecular complexity index is 794. The Morgan fingerprint density at radius 3 is 2.52 bits per heavy atom. The van der Waals surface area contributed by atoms with Crippen molar-refractivity contribution in [3.8, 4) is 11.8 Å². The number of anilines is 1. The standard InChI is InChI=1S/C19H19N3O3/c1-13(23)21-18(15-6-8-17(25-2)9-7-15)11-19(24)22-16-5-3-4-14(10-16)12-20/h3-10,18H,11H2,1-2H3,(H,21,23)(H,22,24). The molecule has 2 amide bonds. The first kappa shape index (κ1) is 18.0. The lowest BCUT2D eigenvalue weighted by atomic mass is 10.0. The Labute approximate surface area is 146 Å². The van der Waals surface area contributed by atoms with E-state index in [9.17, 15) is 9.59 Å². The summed E-state index contributed by atoms with van der Waals surface area (Å²) in [6, 6.07) is 15.4. The molecule has 0 saturated heterocycles. The van der Waals surface area contributed by atoms with Crippen LogP contribution in [0.3, 0.4) is 0 Å². The van der Waals surface area contributed by atoms with Crippen LogP contribution in [-0.4, -0.2) is 18.9 Å². The van der Waals surface area contributed by atoms with Crippen LogP contribution in [0.2, 0.25) is 0 Å². The SMILES string of the molecule is COc1ccc(C(CC(=O)Nc2cccc(C#N)c2)NC(C)=O)cc1. The van der Waals surface area contributed by atoms with Crippen molar-refractivity contribution in [1.82, 2.24) is 5.32 Å². The molecule has 1 unspecified atom stereocenters. The van der Waals surface area contributed by atoms with Crippen molar-refractivity contribution in [1.29, 1.82) is 5.26 Å². The molecule has 0 heterocycles. The molecule has 6 nitrogen and oxygen atoms in total. The fourth-order valence-corrected chi connectivity index (χ4v) is 2.40. The third kappa shape index (κ3) is 5.36. The second kappa shape index (κ2) is 8.50. The number of amides is 2. The molecule has 0 bridgehead atoms. The van der Waals surface area contributed by atoms with Gasteiger partial charge in [0.2, 0.25) is 11.8 Å². The van der Waals surface area contributed by atoms with Gasteiger partial charge in [0, 0.05) is 12.6 Å². The van der Waals surface area contributed by atoms with Gasteiger partial charge < -0.3 is 15.4 Å². The van der Waals surface area contributed by atoms with Gasteiger partial charge in [0.25, 0.3) is 0 Å². The molecule has 0 spiro atoms. The van der Waals surface area contributed by atoms with Gasteiger partial charge >= 0.3 is 0 Å². The highest BCUT2D eigenvalue weighted by molar-refractivity contribution is 5.91. The zero-order valence-corrected chi connectivity index (χ0v) is 14.1. The second-order valence-electron chi connectivity index (χ2n) is 5.47. The van der Waals surface area contributed by atoms with Crippen molar-refractivity contribution in [2.75, 3.05) is 12.4 Å². The number of hydrogen-bond acceptors (Lipinski definition) is 4. The largest absolute Gasteiger partial charge is 0.497 e. The third-order valence-electron chi connectivity index (χ3n) is 3.56. The van der Waals surface area contributed by atoms with Gasteiger partial charge in [-0.1, -0.05) is 18.2 Å². The lowest BCUT2D eigenvalue weighted by Crippen LogP contribution is -2.29. The van der Waals surface area contributed by atoms with Crippen LogP contribution < -0.4 is 15.4 Å². The Morgan fingerprint density at radius 2 is 1.92 bits per heavy atom. The molecule has 0 fully saturated rings.